The molecule has 0 aliphatic carbocycles. The first kappa shape index (κ1) is 10.7. The molecule has 0 amide bonds. The molecule has 0 unspecified atom stereocenters. The van der Waals surface area contributed by atoms with Gasteiger partial charge in [0.2, 0.25) is 0 Å². The second kappa shape index (κ2) is 3.63. The van der Waals surface area contributed by atoms with Gasteiger partial charge in [0.05, 0.1) is 11.7 Å². The smallest absolute Gasteiger partial charge is 0.113 e. The first-order valence-electron chi connectivity index (χ1n) is 5.25. The normalized spacial score (nSPS) is 11.7. The summed E-state index contributed by atoms with van der Waals surface area (Å²) in [5.74, 6) is 0. The molecule has 0 spiro atoms. The highest BCUT2D eigenvalue weighted by atomic mass is 15.4. The Morgan fingerprint density at radius 1 is 1.25 bits per heavy atom. The number of hydrogen-bond acceptors (Lipinski definition) is 3. The number of rotatable bonds is 1. The maximum Gasteiger partial charge on any atom is 0.113 e. The molecule has 16 heavy (non-hydrogen) atoms. The van der Waals surface area contributed by atoms with E-state index in [4.69, 9.17) is 5.73 Å². The van der Waals surface area contributed by atoms with E-state index in [9.17, 15) is 0 Å². The molecule has 1 aromatic heterocycles. The van der Waals surface area contributed by atoms with Crippen molar-refractivity contribution < 1.29 is 0 Å². The van der Waals surface area contributed by atoms with Crippen LogP contribution in [0.25, 0.3) is 11.3 Å². The van der Waals surface area contributed by atoms with E-state index in [1.54, 1.807) is 0 Å². The Morgan fingerprint density at radius 2 is 2.00 bits per heavy atom. The summed E-state index contributed by atoms with van der Waals surface area (Å²) in [7, 11) is 0. The van der Waals surface area contributed by atoms with E-state index in [1.165, 1.54) is 0 Å². The van der Waals surface area contributed by atoms with Gasteiger partial charge in [-0.25, -0.2) is 4.68 Å². The van der Waals surface area contributed by atoms with E-state index >= 15 is 0 Å². The minimum absolute atomic E-state index is 0.0500. The van der Waals surface area contributed by atoms with Crippen LogP contribution in [0.2, 0.25) is 0 Å². The Labute approximate surface area is 95.1 Å². The highest BCUT2D eigenvalue weighted by Gasteiger charge is 2.15. The van der Waals surface area contributed by atoms with Crippen LogP contribution >= 0.6 is 0 Å². The number of anilines is 1. The molecule has 1 aromatic carbocycles. The van der Waals surface area contributed by atoms with Crippen molar-refractivity contribution in [3.05, 3.63) is 30.5 Å². The summed E-state index contributed by atoms with van der Waals surface area (Å²) in [6, 6.07) is 7.66. The Balaban J connectivity index is 2.39. The van der Waals surface area contributed by atoms with Crippen LogP contribution in [0, 0.1) is 0 Å². The number of nitrogens with zero attached hydrogens (tertiary/aromatic N) is 3. The number of benzene rings is 1. The van der Waals surface area contributed by atoms with Gasteiger partial charge in [0.15, 0.2) is 0 Å². The summed E-state index contributed by atoms with van der Waals surface area (Å²) in [5, 5.41) is 8.27. The molecular formula is C12H16N4. The topological polar surface area (TPSA) is 56.7 Å². The molecular weight excluding hydrogens is 200 g/mol. The lowest BCUT2D eigenvalue weighted by atomic mass is 10.1. The maximum absolute atomic E-state index is 5.73. The van der Waals surface area contributed by atoms with Gasteiger partial charge in [-0.2, -0.15) is 0 Å². The van der Waals surface area contributed by atoms with E-state index in [1.807, 2.05) is 35.1 Å². The van der Waals surface area contributed by atoms with E-state index in [-0.39, 0.29) is 5.54 Å². The molecule has 0 saturated carbocycles. The van der Waals surface area contributed by atoms with Crippen molar-refractivity contribution in [2.24, 2.45) is 0 Å². The van der Waals surface area contributed by atoms with Crippen molar-refractivity contribution in [3.8, 4) is 11.3 Å². The van der Waals surface area contributed by atoms with Crippen molar-refractivity contribution in [2.45, 2.75) is 26.3 Å². The average Bonchev–Trinajstić information content (AvgIpc) is 2.65. The van der Waals surface area contributed by atoms with E-state index in [2.05, 4.69) is 31.1 Å². The van der Waals surface area contributed by atoms with Gasteiger partial charge < -0.3 is 5.73 Å². The number of nitrogen functional groups attached to an aromatic ring is 1. The first-order chi connectivity index (χ1) is 7.47. The standard InChI is InChI=1S/C12H16N4/c1-12(2,3)16-8-11(14-15-16)9-5-4-6-10(13)7-9/h4-8H,13H2,1-3H3. The fourth-order valence-corrected chi connectivity index (χ4v) is 1.42. The van der Waals surface area contributed by atoms with Gasteiger partial charge in [-0.15, -0.1) is 5.10 Å². The Morgan fingerprint density at radius 3 is 2.56 bits per heavy atom. The number of nitrogens with two attached hydrogens (primary N) is 1. The van der Waals surface area contributed by atoms with Gasteiger partial charge in [0, 0.05) is 11.3 Å². The minimum Gasteiger partial charge on any atom is -0.399 e. The van der Waals surface area contributed by atoms with Gasteiger partial charge in [-0.3, -0.25) is 0 Å². The molecule has 4 heteroatoms. The summed E-state index contributed by atoms with van der Waals surface area (Å²) in [6.07, 6.45) is 1.94. The molecule has 84 valence electrons. The molecule has 0 atom stereocenters. The van der Waals surface area contributed by atoms with Crippen LogP contribution in [0.1, 0.15) is 20.8 Å². The Kier molecular flexibility index (Phi) is 2.42. The monoisotopic (exact) mass is 216 g/mol. The summed E-state index contributed by atoms with van der Waals surface area (Å²) < 4.78 is 1.85. The molecule has 0 aliphatic rings. The third kappa shape index (κ3) is 2.05. The number of hydrogen-bond donors (Lipinski definition) is 1. The van der Waals surface area contributed by atoms with Crippen molar-refractivity contribution in [2.75, 3.05) is 5.73 Å². The lowest BCUT2D eigenvalue weighted by Gasteiger charge is -2.17. The van der Waals surface area contributed by atoms with Crippen LogP contribution in [0.3, 0.4) is 0 Å². The molecule has 2 aromatic rings. The summed E-state index contributed by atoms with van der Waals surface area (Å²) >= 11 is 0. The summed E-state index contributed by atoms with van der Waals surface area (Å²) in [5.41, 5.74) is 8.27. The average molecular weight is 216 g/mol. The second-order valence-corrected chi connectivity index (χ2v) is 4.84. The fourth-order valence-electron chi connectivity index (χ4n) is 1.42. The van der Waals surface area contributed by atoms with Crippen LogP contribution < -0.4 is 5.73 Å². The van der Waals surface area contributed by atoms with Crippen molar-refractivity contribution >= 4 is 5.69 Å². The van der Waals surface area contributed by atoms with Crippen LogP contribution in [0.15, 0.2) is 30.5 Å². The van der Waals surface area contributed by atoms with Crippen LogP contribution in [-0.2, 0) is 5.54 Å². The third-order valence-corrected chi connectivity index (χ3v) is 2.36. The predicted molar refractivity (Wildman–Crippen MR) is 64.9 cm³/mol. The van der Waals surface area contributed by atoms with Crippen molar-refractivity contribution in [1.29, 1.82) is 0 Å². The minimum atomic E-state index is -0.0500. The summed E-state index contributed by atoms with van der Waals surface area (Å²) in [6.45, 7) is 6.26. The molecule has 0 saturated heterocycles. The first-order valence-corrected chi connectivity index (χ1v) is 5.25. The largest absolute Gasteiger partial charge is 0.399 e. The molecule has 4 nitrogen and oxygen atoms in total. The van der Waals surface area contributed by atoms with E-state index in [0.717, 1.165) is 16.9 Å². The van der Waals surface area contributed by atoms with Crippen molar-refractivity contribution in [1.82, 2.24) is 15.0 Å². The van der Waals surface area contributed by atoms with Crippen LogP contribution in [0.5, 0.6) is 0 Å². The number of aromatic nitrogens is 3. The summed E-state index contributed by atoms with van der Waals surface area (Å²) in [4.78, 5) is 0. The predicted octanol–water partition coefficient (Wildman–Crippen LogP) is 2.28. The van der Waals surface area contributed by atoms with Gasteiger partial charge in [-0.05, 0) is 32.9 Å². The molecule has 0 aliphatic heterocycles. The quantitative estimate of drug-likeness (QED) is 0.744. The lowest BCUT2D eigenvalue weighted by Crippen LogP contribution is -2.22. The molecule has 0 radical (unpaired) electrons. The highest BCUT2D eigenvalue weighted by molar-refractivity contribution is 5.62. The zero-order chi connectivity index (χ0) is 11.8. The zero-order valence-corrected chi connectivity index (χ0v) is 9.81. The zero-order valence-electron chi connectivity index (χ0n) is 9.81. The van der Waals surface area contributed by atoms with Crippen LogP contribution in [0.4, 0.5) is 5.69 Å². The van der Waals surface area contributed by atoms with Gasteiger partial charge in [0.25, 0.3) is 0 Å². The Bertz CT molecular complexity index is 494. The highest BCUT2D eigenvalue weighted by Crippen LogP contribution is 2.21. The van der Waals surface area contributed by atoms with Gasteiger partial charge >= 0.3 is 0 Å². The molecule has 2 N–H and O–H groups in total. The molecule has 1 heterocycles. The molecule has 0 bridgehead atoms. The third-order valence-electron chi connectivity index (χ3n) is 2.36. The maximum atomic E-state index is 5.73. The fraction of sp³-hybridized carbons (Fsp3) is 0.333. The van der Waals surface area contributed by atoms with E-state index < -0.39 is 0 Å². The molecule has 2 rings (SSSR count). The SMILES string of the molecule is CC(C)(C)n1cc(-c2cccc(N)c2)nn1. The van der Waals surface area contributed by atoms with Crippen LogP contribution in [-0.4, -0.2) is 15.0 Å². The van der Waals surface area contributed by atoms with Gasteiger partial charge in [0.1, 0.15) is 5.69 Å². The Hall–Kier alpha value is -1.84. The van der Waals surface area contributed by atoms with E-state index in [0.29, 0.717) is 0 Å². The van der Waals surface area contributed by atoms with Crippen molar-refractivity contribution in [3.63, 3.8) is 0 Å². The second-order valence-electron chi connectivity index (χ2n) is 4.84. The molecule has 0 fully saturated rings. The lowest BCUT2D eigenvalue weighted by molar-refractivity contribution is 0.347. The van der Waals surface area contributed by atoms with Gasteiger partial charge in [-0.1, -0.05) is 17.3 Å².